The Labute approximate surface area is 112 Å². The number of nitrogens with one attached hydrogen (secondary N) is 2. The fourth-order valence-corrected chi connectivity index (χ4v) is 2.69. The van der Waals surface area contributed by atoms with Gasteiger partial charge in [-0.1, -0.05) is 6.07 Å². The van der Waals surface area contributed by atoms with Crippen molar-refractivity contribution in [2.24, 2.45) is 0 Å². The van der Waals surface area contributed by atoms with Gasteiger partial charge in [-0.25, -0.2) is 0 Å². The number of hydrogen-bond acceptors (Lipinski definition) is 4. The van der Waals surface area contributed by atoms with Crippen LogP contribution in [0.4, 0.5) is 0 Å². The molecular formula is C13H20N2O2S. The molecule has 2 atom stereocenters. The highest BCUT2D eigenvalue weighted by Gasteiger charge is 2.22. The van der Waals surface area contributed by atoms with Gasteiger partial charge in [0, 0.05) is 17.5 Å². The molecule has 4 nitrogen and oxygen atoms in total. The van der Waals surface area contributed by atoms with E-state index in [1.807, 2.05) is 17.5 Å². The first kappa shape index (κ1) is 13.5. The Morgan fingerprint density at radius 2 is 2.56 bits per heavy atom. The van der Waals surface area contributed by atoms with E-state index in [2.05, 4.69) is 17.6 Å². The fraction of sp³-hybridized carbons (Fsp3) is 0.615. The first-order chi connectivity index (χ1) is 8.75. The molecule has 0 spiro atoms. The minimum atomic E-state index is 0.0354. The molecule has 1 aliphatic rings. The van der Waals surface area contributed by atoms with Crippen LogP contribution in [-0.4, -0.2) is 31.2 Å². The van der Waals surface area contributed by atoms with Crippen molar-refractivity contribution < 1.29 is 9.53 Å². The predicted octanol–water partition coefficient (Wildman–Crippen LogP) is 1.52. The molecule has 1 amide bonds. The number of carbonyl (C=O) groups excluding carboxylic acids is 1. The van der Waals surface area contributed by atoms with Gasteiger partial charge >= 0.3 is 0 Å². The second-order valence-electron chi connectivity index (χ2n) is 4.58. The number of amides is 1. The lowest BCUT2D eigenvalue weighted by Gasteiger charge is -2.19. The van der Waals surface area contributed by atoms with Crippen molar-refractivity contribution in [1.29, 1.82) is 0 Å². The van der Waals surface area contributed by atoms with E-state index in [0.717, 1.165) is 19.4 Å². The zero-order valence-corrected chi connectivity index (χ0v) is 11.5. The van der Waals surface area contributed by atoms with Crippen molar-refractivity contribution in [3.63, 3.8) is 0 Å². The van der Waals surface area contributed by atoms with Crippen molar-refractivity contribution in [3.05, 3.63) is 22.4 Å². The molecule has 0 radical (unpaired) electrons. The molecule has 5 heteroatoms. The molecule has 2 N–H and O–H groups in total. The standard InChI is InChI=1S/C13H20N2O2S/c1-10(12-5-2-6-17-12)14-9-13(16)15-8-11-4-3-7-18-11/h3-4,7,10,12,14H,2,5-6,8-9H2,1H3,(H,15,16)/t10-,12-/m1/s1. The molecule has 100 valence electrons. The molecule has 0 unspecified atom stereocenters. The fourth-order valence-electron chi connectivity index (χ4n) is 2.04. The molecule has 1 fully saturated rings. The van der Waals surface area contributed by atoms with Crippen LogP contribution >= 0.6 is 11.3 Å². The molecule has 1 aliphatic heterocycles. The lowest BCUT2D eigenvalue weighted by molar-refractivity contribution is -0.120. The van der Waals surface area contributed by atoms with Crippen LogP contribution in [-0.2, 0) is 16.1 Å². The van der Waals surface area contributed by atoms with Gasteiger partial charge < -0.3 is 15.4 Å². The molecule has 0 aromatic carbocycles. The van der Waals surface area contributed by atoms with Crippen LogP contribution in [0.25, 0.3) is 0 Å². The van der Waals surface area contributed by atoms with Crippen LogP contribution < -0.4 is 10.6 Å². The summed E-state index contributed by atoms with van der Waals surface area (Å²) in [6.45, 7) is 3.89. The van der Waals surface area contributed by atoms with Crippen molar-refractivity contribution in [3.8, 4) is 0 Å². The van der Waals surface area contributed by atoms with Gasteiger partial charge in [0.1, 0.15) is 0 Å². The number of rotatable bonds is 6. The summed E-state index contributed by atoms with van der Waals surface area (Å²) < 4.78 is 5.57. The van der Waals surface area contributed by atoms with Gasteiger partial charge in [0.15, 0.2) is 0 Å². The summed E-state index contributed by atoms with van der Waals surface area (Å²) in [7, 11) is 0. The first-order valence-corrected chi connectivity index (χ1v) is 7.28. The number of carbonyl (C=O) groups is 1. The molecule has 0 saturated carbocycles. The molecule has 2 rings (SSSR count). The second-order valence-corrected chi connectivity index (χ2v) is 5.61. The van der Waals surface area contributed by atoms with E-state index in [1.54, 1.807) is 11.3 Å². The number of hydrogen-bond donors (Lipinski definition) is 2. The van der Waals surface area contributed by atoms with E-state index in [9.17, 15) is 4.79 Å². The van der Waals surface area contributed by atoms with E-state index in [-0.39, 0.29) is 18.1 Å². The van der Waals surface area contributed by atoms with Gasteiger partial charge in [-0.3, -0.25) is 4.79 Å². The van der Waals surface area contributed by atoms with Gasteiger partial charge in [0.25, 0.3) is 0 Å². The van der Waals surface area contributed by atoms with Crippen LogP contribution in [0.15, 0.2) is 17.5 Å². The summed E-state index contributed by atoms with van der Waals surface area (Å²) in [4.78, 5) is 12.8. The Morgan fingerprint density at radius 3 is 3.22 bits per heavy atom. The Bertz CT molecular complexity index is 361. The maximum atomic E-state index is 11.6. The van der Waals surface area contributed by atoms with E-state index in [1.165, 1.54) is 4.88 Å². The highest BCUT2D eigenvalue weighted by Crippen LogP contribution is 2.15. The van der Waals surface area contributed by atoms with Crippen LogP contribution in [0.5, 0.6) is 0 Å². The van der Waals surface area contributed by atoms with Gasteiger partial charge in [-0.2, -0.15) is 0 Å². The summed E-state index contributed by atoms with van der Waals surface area (Å²) in [6.07, 6.45) is 2.47. The SMILES string of the molecule is C[C@@H](NCC(=O)NCc1cccs1)[C@H]1CCCO1. The highest BCUT2D eigenvalue weighted by molar-refractivity contribution is 7.09. The lowest BCUT2D eigenvalue weighted by Crippen LogP contribution is -2.42. The van der Waals surface area contributed by atoms with Gasteiger partial charge in [-0.15, -0.1) is 11.3 Å². The van der Waals surface area contributed by atoms with Crippen molar-refractivity contribution in [2.45, 2.75) is 38.5 Å². The maximum Gasteiger partial charge on any atom is 0.234 e. The van der Waals surface area contributed by atoms with E-state index >= 15 is 0 Å². The summed E-state index contributed by atoms with van der Waals surface area (Å²) in [5, 5.41) is 8.13. The predicted molar refractivity (Wildman–Crippen MR) is 72.6 cm³/mol. The van der Waals surface area contributed by atoms with Crippen LogP contribution in [0.3, 0.4) is 0 Å². The van der Waals surface area contributed by atoms with Crippen molar-refractivity contribution >= 4 is 17.2 Å². The third-order valence-electron chi connectivity index (χ3n) is 3.15. The molecule has 0 aliphatic carbocycles. The Kier molecular flexibility index (Phi) is 5.16. The molecule has 2 heterocycles. The normalized spacial score (nSPS) is 20.8. The molecule has 1 saturated heterocycles. The number of ether oxygens (including phenoxy) is 1. The average Bonchev–Trinajstić information content (AvgIpc) is 3.05. The summed E-state index contributed by atoms with van der Waals surface area (Å²) in [5.74, 6) is 0.0354. The smallest absolute Gasteiger partial charge is 0.234 e. The molecule has 18 heavy (non-hydrogen) atoms. The van der Waals surface area contributed by atoms with Crippen molar-refractivity contribution in [1.82, 2.24) is 10.6 Å². The van der Waals surface area contributed by atoms with E-state index in [0.29, 0.717) is 13.1 Å². The van der Waals surface area contributed by atoms with Gasteiger partial charge in [-0.05, 0) is 31.2 Å². The zero-order chi connectivity index (χ0) is 12.8. The largest absolute Gasteiger partial charge is 0.377 e. The molecule has 0 bridgehead atoms. The minimum absolute atomic E-state index is 0.0354. The van der Waals surface area contributed by atoms with E-state index < -0.39 is 0 Å². The van der Waals surface area contributed by atoms with Crippen LogP contribution in [0.2, 0.25) is 0 Å². The first-order valence-electron chi connectivity index (χ1n) is 6.40. The molecule has 1 aromatic heterocycles. The topological polar surface area (TPSA) is 50.4 Å². The summed E-state index contributed by atoms with van der Waals surface area (Å²) >= 11 is 1.65. The lowest BCUT2D eigenvalue weighted by atomic mass is 10.1. The Hall–Kier alpha value is -0.910. The molecule has 1 aromatic rings. The highest BCUT2D eigenvalue weighted by atomic mass is 32.1. The van der Waals surface area contributed by atoms with Crippen LogP contribution in [0.1, 0.15) is 24.6 Å². The minimum Gasteiger partial charge on any atom is -0.377 e. The van der Waals surface area contributed by atoms with Gasteiger partial charge in [0.05, 0.1) is 19.2 Å². The summed E-state index contributed by atoms with van der Waals surface area (Å²) in [6, 6.07) is 4.25. The summed E-state index contributed by atoms with van der Waals surface area (Å²) in [5.41, 5.74) is 0. The Morgan fingerprint density at radius 1 is 1.67 bits per heavy atom. The second kappa shape index (κ2) is 6.87. The van der Waals surface area contributed by atoms with Gasteiger partial charge in [0.2, 0.25) is 5.91 Å². The van der Waals surface area contributed by atoms with Crippen LogP contribution in [0, 0.1) is 0 Å². The molecular weight excluding hydrogens is 248 g/mol. The maximum absolute atomic E-state index is 11.6. The van der Waals surface area contributed by atoms with Crippen molar-refractivity contribution in [2.75, 3.05) is 13.2 Å². The Balaban J connectivity index is 1.62. The zero-order valence-electron chi connectivity index (χ0n) is 10.6. The van der Waals surface area contributed by atoms with E-state index in [4.69, 9.17) is 4.74 Å². The monoisotopic (exact) mass is 268 g/mol. The average molecular weight is 268 g/mol. The number of thiophene rings is 1. The quantitative estimate of drug-likeness (QED) is 0.822. The third-order valence-corrected chi connectivity index (χ3v) is 4.02. The third kappa shape index (κ3) is 4.08.